The number of hydrogen-bond acceptors (Lipinski definition) is 1. The second kappa shape index (κ2) is 3.24. The van der Waals surface area contributed by atoms with E-state index in [2.05, 4.69) is 4.43 Å². The van der Waals surface area contributed by atoms with Gasteiger partial charge in [-0.2, -0.15) is 0 Å². The summed E-state index contributed by atoms with van der Waals surface area (Å²) in [5, 5.41) is 0. The predicted molar refractivity (Wildman–Crippen MR) is 33.9 cm³/mol. The highest BCUT2D eigenvalue weighted by Crippen LogP contribution is 2.06. The molecule has 46 valence electrons. The Morgan fingerprint density at radius 3 is 2.44 bits per heavy atom. The first-order valence-corrected chi connectivity index (χ1v) is 3.29. The molecule has 0 saturated carbocycles. The lowest BCUT2D eigenvalue weighted by Gasteiger charge is -1.95. The van der Waals surface area contributed by atoms with Gasteiger partial charge >= 0.3 is 10.1 Å². The highest BCUT2D eigenvalue weighted by atomic mass is 28.3. The van der Waals surface area contributed by atoms with Crippen LogP contribution in [0.1, 0.15) is 0 Å². The quantitative estimate of drug-likeness (QED) is 0.447. The topological polar surface area (TPSA) is 9.23 Å². The van der Waals surface area contributed by atoms with E-state index in [1.807, 2.05) is 6.07 Å². The van der Waals surface area contributed by atoms with E-state index in [-0.39, 0.29) is 0 Å². The zero-order valence-corrected chi connectivity index (χ0v) is 5.67. The van der Waals surface area contributed by atoms with Crippen molar-refractivity contribution >= 4 is 10.1 Å². The maximum Gasteiger partial charge on any atom is 0.566 e. The van der Waals surface area contributed by atoms with Crippen molar-refractivity contribution in [3.05, 3.63) is 30.3 Å². The zero-order chi connectivity index (χ0) is 6.53. The molecule has 0 heterocycles. The van der Waals surface area contributed by atoms with Crippen LogP contribution in [0.2, 0.25) is 0 Å². The molecule has 0 fully saturated rings. The van der Waals surface area contributed by atoms with Crippen LogP contribution in [0.5, 0.6) is 5.75 Å². The monoisotopic (exact) mass is 140 g/mol. The minimum atomic E-state index is -0.965. The minimum absolute atomic E-state index is 0.582. The fourth-order valence-electron chi connectivity index (χ4n) is 0.533. The summed E-state index contributed by atoms with van der Waals surface area (Å²) in [6.45, 7) is 0. The molecule has 0 aliphatic rings. The van der Waals surface area contributed by atoms with Gasteiger partial charge in [-0.15, -0.1) is 0 Å². The fourth-order valence-corrected chi connectivity index (χ4v) is 0.758. The normalized spacial score (nSPS) is 9.00. The van der Waals surface area contributed by atoms with Crippen LogP contribution in [-0.2, 0) is 0 Å². The van der Waals surface area contributed by atoms with Gasteiger partial charge in [0.25, 0.3) is 0 Å². The molecule has 1 nitrogen and oxygen atoms in total. The van der Waals surface area contributed by atoms with Crippen molar-refractivity contribution in [2.75, 3.05) is 0 Å². The van der Waals surface area contributed by atoms with Crippen molar-refractivity contribution in [1.29, 1.82) is 0 Å². The lowest BCUT2D eigenvalue weighted by Crippen LogP contribution is -1.92. The van der Waals surface area contributed by atoms with Gasteiger partial charge in [0.05, 0.1) is 0 Å². The Balaban J connectivity index is 2.61. The van der Waals surface area contributed by atoms with Crippen molar-refractivity contribution in [1.82, 2.24) is 0 Å². The average molecular weight is 140 g/mol. The predicted octanol–water partition coefficient (Wildman–Crippen LogP) is 1.57. The summed E-state index contributed by atoms with van der Waals surface area (Å²) in [4.78, 5) is 0. The minimum Gasteiger partial charge on any atom is -0.515 e. The summed E-state index contributed by atoms with van der Waals surface area (Å²) >= 11 is 0. The molecule has 0 unspecified atom stereocenters. The molecule has 9 heavy (non-hydrogen) atoms. The van der Waals surface area contributed by atoms with E-state index < -0.39 is 10.1 Å². The van der Waals surface area contributed by atoms with Gasteiger partial charge in [0, 0.05) is 0 Å². The molecule has 1 aromatic carbocycles. The molecule has 0 atom stereocenters. The van der Waals surface area contributed by atoms with Crippen molar-refractivity contribution in [3.8, 4) is 5.75 Å². The molecule has 0 aliphatic carbocycles. The third-order valence-corrected chi connectivity index (χ3v) is 1.21. The fraction of sp³-hybridized carbons (Fsp3) is 0. The largest absolute Gasteiger partial charge is 0.566 e. The van der Waals surface area contributed by atoms with Gasteiger partial charge in [0.15, 0.2) is 0 Å². The lowest BCUT2D eigenvalue weighted by molar-refractivity contribution is 0.536. The number of benzene rings is 1. The Hall–Kier alpha value is -0.833. The van der Waals surface area contributed by atoms with Crippen LogP contribution in [0.25, 0.3) is 0 Å². The van der Waals surface area contributed by atoms with Gasteiger partial charge < -0.3 is 4.43 Å². The van der Waals surface area contributed by atoms with E-state index in [9.17, 15) is 4.11 Å². The molecule has 1 rings (SSSR count). The maximum absolute atomic E-state index is 11.5. The second-order valence-electron chi connectivity index (χ2n) is 1.49. The summed E-state index contributed by atoms with van der Waals surface area (Å²) in [5.74, 6) is 0.582. The summed E-state index contributed by atoms with van der Waals surface area (Å²) in [5.41, 5.74) is 0. The first kappa shape index (κ1) is 6.29. The van der Waals surface area contributed by atoms with Gasteiger partial charge in [0.1, 0.15) is 5.75 Å². The van der Waals surface area contributed by atoms with Gasteiger partial charge in [-0.3, -0.25) is 4.11 Å². The Morgan fingerprint density at radius 2 is 1.89 bits per heavy atom. The summed E-state index contributed by atoms with van der Waals surface area (Å²) in [6, 6.07) is 8.89. The van der Waals surface area contributed by atoms with Crippen molar-refractivity contribution in [2.45, 2.75) is 0 Å². The maximum atomic E-state index is 11.5. The van der Waals surface area contributed by atoms with Crippen LogP contribution in [0.3, 0.4) is 0 Å². The van der Waals surface area contributed by atoms with E-state index in [1.165, 1.54) is 0 Å². The second-order valence-corrected chi connectivity index (χ2v) is 1.85. The third kappa shape index (κ3) is 1.85. The summed E-state index contributed by atoms with van der Waals surface area (Å²) in [6.07, 6.45) is 0. The molecule has 0 spiro atoms. The first-order valence-electron chi connectivity index (χ1n) is 2.51. The Kier molecular flexibility index (Phi) is 2.27. The standard InChI is InChI=1S/C6H5FOSi/c7-9-8-6-4-2-1-3-5-6/h1-5H. The van der Waals surface area contributed by atoms with Gasteiger partial charge in [-0.1, -0.05) is 18.2 Å². The van der Waals surface area contributed by atoms with Crippen molar-refractivity contribution in [2.24, 2.45) is 0 Å². The van der Waals surface area contributed by atoms with E-state index in [1.54, 1.807) is 24.3 Å². The average Bonchev–Trinajstić information content (AvgIpc) is 1.91. The molecule has 1 aromatic rings. The van der Waals surface area contributed by atoms with Crippen LogP contribution < -0.4 is 4.43 Å². The molecular weight excluding hydrogens is 135 g/mol. The number of hydrogen-bond donors (Lipinski definition) is 0. The van der Waals surface area contributed by atoms with Gasteiger partial charge in [0.2, 0.25) is 0 Å². The molecular formula is C6H5FOSi. The van der Waals surface area contributed by atoms with Crippen LogP contribution in [0.15, 0.2) is 30.3 Å². The van der Waals surface area contributed by atoms with Crippen molar-refractivity contribution in [3.63, 3.8) is 0 Å². The Morgan fingerprint density at radius 1 is 1.22 bits per heavy atom. The zero-order valence-electron chi connectivity index (χ0n) is 4.67. The molecule has 3 heteroatoms. The molecule has 0 bridgehead atoms. The molecule has 0 N–H and O–H groups in total. The van der Waals surface area contributed by atoms with Crippen LogP contribution in [0, 0.1) is 0 Å². The molecule has 0 aromatic heterocycles. The lowest BCUT2D eigenvalue weighted by atomic mass is 10.3. The van der Waals surface area contributed by atoms with Crippen LogP contribution >= 0.6 is 0 Å². The van der Waals surface area contributed by atoms with Gasteiger partial charge in [-0.25, -0.2) is 0 Å². The van der Waals surface area contributed by atoms with Crippen LogP contribution in [0.4, 0.5) is 4.11 Å². The van der Waals surface area contributed by atoms with Crippen molar-refractivity contribution < 1.29 is 8.53 Å². The Bertz CT molecular complexity index is 166. The van der Waals surface area contributed by atoms with E-state index >= 15 is 0 Å². The number of para-hydroxylation sites is 1. The van der Waals surface area contributed by atoms with Crippen LogP contribution in [-0.4, -0.2) is 10.1 Å². The summed E-state index contributed by atoms with van der Waals surface area (Å²) < 4.78 is 16.1. The molecule has 0 saturated heterocycles. The summed E-state index contributed by atoms with van der Waals surface area (Å²) in [7, 11) is -0.965. The molecule has 0 amide bonds. The molecule has 0 aliphatic heterocycles. The highest BCUT2D eigenvalue weighted by molar-refractivity contribution is 6.18. The van der Waals surface area contributed by atoms with E-state index in [0.29, 0.717) is 5.75 Å². The Labute approximate surface area is 55.6 Å². The first-order chi connectivity index (χ1) is 4.43. The SMILES string of the molecule is F[Si]Oc1ccccc1. The van der Waals surface area contributed by atoms with E-state index in [4.69, 9.17) is 0 Å². The highest BCUT2D eigenvalue weighted by Gasteiger charge is 1.89. The smallest absolute Gasteiger partial charge is 0.515 e. The van der Waals surface area contributed by atoms with Gasteiger partial charge in [-0.05, 0) is 12.1 Å². The number of halogens is 1. The molecule has 2 radical (unpaired) electrons. The number of rotatable bonds is 2. The van der Waals surface area contributed by atoms with E-state index in [0.717, 1.165) is 0 Å². The third-order valence-electron chi connectivity index (χ3n) is 0.900.